The molecule has 0 unspecified atom stereocenters. The smallest absolute Gasteiger partial charge is 0.302 e. The summed E-state index contributed by atoms with van der Waals surface area (Å²) in [5, 5.41) is 14.6. The topological polar surface area (TPSA) is 115 Å². The zero-order chi connectivity index (χ0) is 29.5. The number of esters is 1. The fourth-order valence-corrected chi connectivity index (χ4v) is 4.33. The van der Waals surface area contributed by atoms with E-state index in [-0.39, 0.29) is 30.7 Å². The van der Waals surface area contributed by atoms with Gasteiger partial charge < -0.3 is 9.47 Å². The van der Waals surface area contributed by atoms with Gasteiger partial charge in [-0.25, -0.2) is 4.68 Å². The summed E-state index contributed by atoms with van der Waals surface area (Å²) in [6, 6.07) is 19.1. The SMILES string of the molecule is CC(=O)OCCCN1C(=O)C(C#N)=C(C)/C(=C\c2cn(-c3ccccc3)nc2-c2ccc(OCC(C)C)cc2)C1=O. The van der Waals surface area contributed by atoms with Crippen molar-refractivity contribution in [3.05, 3.63) is 83.1 Å². The Morgan fingerprint density at radius 3 is 2.41 bits per heavy atom. The lowest BCUT2D eigenvalue weighted by atomic mass is 9.93. The molecule has 2 heterocycles. The van der Waals surface area contributed by atoms with E-state index in [0.29, 0.717) is 29.4 Å². The van der Waals surface area contributed by atoms with Gasteiger partial charge in [0.15, 0.2) is 0 Å². The highest BCUT2D eigenvalue weighted by atomic mass is 16.5. The second-order valence-corrected chi connectivity index (χ2v) is 10.1. The third-order valence-electron chi connectivity index (χ3n) is 6.43. The van der Waals surface area contributed by atoms with Gasteiger partial charge in [-0.3, -0.25) is 19.3 Å². The van der Waals surface area contributed by atoms with Gasteiger partial charge in [-0.1, -0.05) is 32.0 Å². The third-order valence-corrected chi connectivity index (χ3v) is 6.43. The van der Waals surface area contributed by atoms with E-state index in [1.54, 1.807) is 17.7 Å². The number of para-hydroxylation sites is 1. The Morgan fingerprint density at radius 2 is 1.78 bits per heavy atom. The van der Waals surface area contributed by atoms with Crippen molar-refractivity contribution < 1.29 is 23.9 Å². The Labute approximate surface area is 239 Å². The summed E-state index contributed by atoms with van der Waals surface area (Å²) in [5.74, 6) is -0.493. The van der Waals surface area contributed by atoms with Gasteiger partial charge in [0, 0.05) is 36.4 Å². The molecule has 9 nitrogen and oxygen atoms in total. The molecule has 41 heavy (non-hydrogen) atoms. The van der Waals surface area contributed by atoms with Crippen molar-refractivity contribution in [2.75, 3.05) is 19.8 Å². The van der Waals surface area contributed by atoms with Crippen molar-refractivity contribution in [2.24, 2.45) is 5.92 Å². The molecule has 4 rings (SSSR count). The normalized spacial score (nSPS) is 14.5. The van der Waals surface area contributed by atoms with E-state index in [4.69, 9.17) is 14.6 Å². The maximum atomic E-state index is 13.6. The van der Waals surface area contributed by atoms with Crippen molar-refractivity contribution in [2.45, 2.75) is 34.1 Å². The Morgan fingerprint density at radius 1 is 1.07 bits per heavy atom. The molecule has 0 radical (unpaired) electrons. The molecule has 2 aromatic carbocycles. The Balaban J connectivity index is 1.76. The molecule has 1 aliphatic rings. The van der Waals surface area contributed by atoms with E-state index < -0.39 is 17.8 Å². The number of carbonyl (C=O) groups is 3. The molecule has 0 saturated heterocycles. The third kappa shape index (κ3) is 6.79. The van der Waals surface area contributed by atoms with Crippen LogP contribution in [0.25, 0.3) is 23.0 Å². The Kier molecular flexibility index (Phi) is 9.15. The summed E-state index contributed by atoms with van der Waals surface area (Å²) in [4.78, 5) is 38.7. The number of amides is 2. The lowest BCUT2D eigenvalue weighted by molar-refractivity contribution is -0.141. The van der Waals surface area contributed by atoms with Crippen LogP contribution in [0.5, 0.6) is 5.75 Å². The molecule has 9 heteroatoms. The first kappa shape index (κ1) is 29.0. The second kappa shape index (κ2) is 12.9. The standard InChI is InChI=1S/C32H32N4O5/c1-21(2)20-41-27-13-11-24(12-14-27)30-25(19-36(34-30)26-9-6-5-7-10-26)17-28-22(3)29(18-33)32(39)35(31(28)38)15-8-16-40-23(4)37/h5-7,9-14,17,19,21H,8,15-16,20H2,1-4H3/b28-17+. The summed E-state index contributed by atoms with van der Waals surface area (Å²) in [6.45, 7) is 7.72. The fourth-order valence-electron chi connectivity index (χ4n) is 4.33. The van der Waals surface area contributed by atoms with Crippen molar-refractivity contribution in [3.63, 3.8) is 0 Å². The van der Waals surface area contributed by atoms with Crippen LogP contribution in [0.3, 0.4) is 0 Å². The largest absolute Gasteiger partial charge is 0.493 e. The van der Waals surface area contributed by atoms with Crippen molar-refractivity contribution in [3.8, 4) is 28.8 Å². The van der Waals surface area contributed by atoms with Gasteiger partial charge in [-0.2, -0.15) is 10.4 Å². The number of rotatable bonds is 10. The van der Waals surface area contributed by atoms with Crippen LogP contribution in [-0.2, 0) is 19.1 Å². The highest BCUT2D eigenvalue weighted by Gasteiger charge is 2.35. The number of hydrogen-bond donors (Lipinski definition) is 0. The molecule has 1 aliphatic heterocycles. The number of nitrogens with zero attached hydrogens (tertiary/aromatic N) is 4. The molecule has 0 spiro atoms. The minimum absolute atomic E-state index is 0.00865. The number of aromatic nitrogens is 2. The first-order valence-electron chi connectivity index (χ1n) is 13.4. The molecule has 0 saturated carbocycles. The van der Waals surface area contributed by atoms with Gasteiger partial charge in [0.2, 0.25) is 0 Å². The van der Waals surface area contributed by atoms with E-state index >= 15 is 0 Å². The van der Waals surface area contributed by atoms with Crippen LogP contribution in [0.1, 0.15) is 39.7 Å². The van der Waals surface area contributed by atoms with Gasteiger partial charge in [0.05, 0.1) is 24.6 Å². The number of nitriles is 1. The number of benzene rings is 2. The summed E-state index contributed by atoms with van der Waals surface area (Å²) in [5.41, 5.74) is 3.31. The molecule has 0 fully saturated rings. The molecule has 0 aliphatic carbocycles. The highest BCUT2D eigenvalue weighted by Crippen LogP contribution is 2.32. The molecule has 1 aromatic heterocycles. The predicted molar refractivity (Wildman–Crippen MR) is 154 cm³/mol. The lowest BCUT2D eigenvalue weighted by Gasteiger charge is -2.27. The summed E-state index contributed by atoms with van der Waals surface area (Å²) in [7, 11) is 0. The lowest BCUT2D eigenvalue weighted by Crippen LogP contribution is -2.43. The molecule has 0 N–H and O–H groups in total. The van der Waals surface area contributed by atoms with Crippen molar-refractivity contribution >= 4 is 23.9 Å². The van der Waals surface area contributed by atoms with Crippen LogP contribution in [0, 0.1) is 17.2 Å². The van der Waals surface area contributed by atoms with E-state index in [0.717, 1.165) is 21.9 Å². The van der Waals surface area contributed by atoms with E-state index in [1.807, 2.05) is 66.9 Å². The van der Waals surface area contributed by atoms with Gasteiger partial charge >= 0.3 is 5.97 Å². The number of ether oxygens (including phenoxy) is 2. The fraction of sp³-hybridized carbons (Fsp3) is 0.281. The van der Waals surface area contributed by atoms with Crippen LogP contribution in [0.4, 0.5) is 0 Å². The summed E-state index contributed by atoms with van der Waals surface area (Å²) in [6.07, 6.45) is 3.74. The number of hydrogen-bond acceptors (Lipinski definition) is 7. The average molecular weight is 553 g/mol. The summed E-state index contributed by atoms with van der Waals surface area (Å²) < 4.78 is 12.5. The summed E-state index contributed by atoms with van der Waals surface area (Å²) >= 11 is 0. The highest BCUT2D eigenvalue weighted by molar-refractivity contribution is 6.19. The van der Waals surface area contributed by atoms with Crippen LogP contribution >= 0.6 is 0 Å². The molecule has 0 atom stereocenters. The minimum Gasteiger partial charge on any atom is -0.493 e. The zero-order valence-electron chi connectivity index (χ0n) is 23.6. The van der Waals surface area contributed by atoms with Gasteiger partial charge in [0.25, 0.3) is 11.8 Å². The van der Waals surface area contributed by atoms with Crippen molar-refractivity contribution in [1.82, 2.24) is 14.7 Å². The van der Waals surface area contributed by atoms with Gasteiger partial charge in [-0.15, -0.1) is 0 Å². The molecular weight excluding hydrogens is 520 g/mol. The predicted octanol–water partition coefficient (Wildman–Crippen LogP) is 5.12. The molecule has 3 aromatic rings. The molecular formula is C32H32N4O5. The van der Waals surface area contributed by atoms with Crippen LogP contribution in [0.2, 0.25) is 0 Å². The Hall–Kier alpha value is -4.97. The van der Waals surface area contributed by atoms with Gasteiger partial charge in [-0.05, 0) is 67.3 Å². The minimum atomic E-state index is -0.660. The van der Waals surface area contributed by atoms with Gasteiger partial charge in [0.1, 0.15) is 17.4 Å². The maximum absolute atomic E-state index is 13.6. The Bertz CT molecular complexity index is 1540. The maximum Gasteiger partial charge on any atom is 0.302 e. The quantitative estimate of drug-likeness (QED) is 0.148. The molecule has 2 amide bonds. The van der Waals surface area contributed by atoms with Crippen LogP contribution in [0.15, 0.2) is 77.5 Å². The van der Waals surface area contributed by atoms with E-state index in [9.17, 15) is 19.6 Å². The van der Waals surface area contributed by atoms with Crippen LogP contribution < -0.4 is 4.74 Å². The monoisotopic (exact) mass is 552 g/mol. The molecule has 210 valence electrons. The number of imide groups is 1. The second-order valence-electron chi connectivity index (χ2n) is 10.1. The zero-order valence-corrected chi connectivity index (χ0v) is 23.6. The first-order valence-corrected chi connectivity index (χ1v) is 13.4. The molecule has 0 bridgehead atoms. The van der Waals surface area contributed by atoms with E-state index in [2.05, 4.69) is 13.8 Å². The first-order chi connectivity index (χ1) is 19.7. The van der Waals surface area contributed by atoms with Crippen LogP contribution in [-0.4, -0.2) is 52.2 Å². The van der Waals surface area contributed by atoms with Crippen molar-refractivity contribution in [1.29, 1.82) is 5.26 Å². The number of carbonyl (C=O) groups excluding carboxylic acids is 3. The van der Waals surface area contributed by atoms with E-state index in [1.165, 1.54) is 6.92 Å². The average Bonchev–Trinajstić information content (AvgIpc) is 3.38.